The van der Waals surface area contributed by atoms with Gasteiger partial charge in [0.05, 0.1) is 32.7 Å². The summed E-state index contributed by atoms with van der Waals surface area (Å²) < 4.78 is 18.2. The van der Waals surface area contributed by atoms with E-state index in [1.165, 1.54) is 0 Å². The number of hydrogen-bond acceptors (Lipinski definition) is 4. The molecular formula is C26H26N2O3. The highest BCUT2D eigenvalue weighted by Gasteiger charge is 2.20. The normalized spacial score (nSPS) is 10.7. The zero-order valence-electron chi connectivity index (χ0n) is 18.3. The molecule has 0 atom stereocenters. The minimum Gasteiger partial charge on any atom is -0.497 e. The van der Waals surface area contributed by atoms with Crippen molar-refractivity contribution in [1.29, 1.82) is 0 Å². The van der Waals surface area contributed by atoms with Gasteiger partial charge in [-0.15, -0.1) is 0 Å². The van der Waals surface area contributed by atoms with Crippen LogP contribution in [0.2, 0.25) is 0 Å². The van der Waals surface area contributed by atoms with Gasteiger partial charge in [0.15, 0.2) is 0 Å². The molecule has 0 unspecified atom stereocenters. The van der Waals surface area contributed by atoms with Crippen LogP contribution in [0.25, 0.3) is 28.3 Å². The molecule has 3 aromatic carbocycles. The minimum atomic E-state index is 0.817. The van der Waals surface area contributed by atoms with Crippen LogP contribution in [-0.2, 0) is 6.42 Å². The van der Waals surface area contributed by atoms with Crippen molar-refractivity contribution in [3.05, 3.63) is 78.5 Å². The fourth-order valence-electron chi connectivity index (χ4n) is 3.70. The van der Waals surface area contributed by atoms with E-state index >= 15 is 0 Å². The maximum Gasteiger partial charge on any atom is 0.145 e. The summed E-state index contributed by atoms with van der Waals surface area (Å²) in [5.41, 5.74) is 5.22. The molecule has 5 heteroatoms. The van der Waals surface area contributed by atoms with Crippen molar-refractivity contribution in [1.82, 2.24) is 9.55 Å². The van der Waals surface area contributed by atoms with Gasteiger partial charge in [0.25, 0.3) is 0 Å². The highest BCUT2D eigenvalue weighted by atomic mass is 16.5. The predicted octanol–water partition coefficient (Wildman–Crippen LogP) is 5.79. The Bertz CT molecular complexity index is 1150. The molecule has 0 saturated carbocycles. The van der Waals surface area contributed by atoms with Gasteiger partial charge in [0, 0.05) is 16.8 Å². The monoisotopic (exact) mass is 414 g/mol. The number of imidazole rings is 1. The van der Waals surface area contributed by atoms with E-state index < -0.39 is 0 Å². The zero-order chi connectivity index (χ0) is 21.8. The smallest absolute Gasteiger partial charge is 0.145 e. The van der Waals surface area contributed by atoms with Gasteiger partial charge < -0.3 is 14.2 Å². The first-order chi connectivity index (χ1) is 15.2. The van der Waals surface area contributed by atoms with Gasteiger partial charge in [0.2, 0.25) is 0 Å². The average Bonchev–Trinajstić information content (AvgIpc) is 3.23. The molecule has 4 rings (SSSR count). The van der Waals surface area contributed by atoms with E-state index in [1.54, 1.807) is 21.3 Å². The first-order valence-electron chi connectivity index (χ1n) is 10.2. The summed E-state index contributed by atoms with van der Waals surface area (Å²) in [6, 6.07) is 24.1. The number of methoxy groups -OCH3 is 3. The first-order valence-corrected chi connectivity index (χ1v) is 10.2. The molecule has 5 nitrogen and oxygen atoms in total. The molecule has 0 radical (unpaired) electrons. The van der Waals surface area contributed by atoms with Crippen LogP contribution in [0.4, 0.5) is 0 Å². The molecule has 158 valence electrons. The van der Waals surface area contributed by atoms with Crippen molar-refractivity contribution in [3.8, 4) is 45.6 Å². The standard InChI is InChI=1S/C26H26N2O3/c1-5-24-25(18-6-12-21(29-2)13-7-18)27-26(19-8-14-22(30-3)15-9-19)28(24)20-10-16-23(31-4)17-11-20/h6-17H,5H2,1-4H3. The lowest BCUT2D eigenvalue weighted by Crippen LogP contribution is -2.02. The summed E-state index contributed by atoms with van der Waals surface area (Å²) in [4.78, 5) is 5.10. The zero-order valence-corrected chi connectivity index (χ0v) is 18.3. The number of ether oxygens (including phenoxy) is 3. The fourth-order valence-corrected chi connectivity index (χ4v) is 3.70. The molecule has 0 N–H and O–H groups in total. The Hall–Kier alpha value is -3.73. The van der Waals surface area contributed by atoms with Crippen LogP contribution < -0.4 is 14.2 Å². The molecule has 0 fully saturated rings. The van der Waals surface area contributed by atoms with Crippen molar-refractivity contribution in [3.63, 3.8) is 0 Å². The quantitative estimate of drug-likeness (QED) is 0.384. The van der Waals surface area contributed by atoms with Crippen molar-refractivity contribution in [2.45, 2.75) is 13.3 Å². The van der Waals surface area contributed by atoms with Gasteiger partial charge in [-0.3, -0.25) is 4.57 Å². The Morgan fingerprint density at radius 3 is 1.55 bits per heavy atom. The van der Waals surface area contributed by atoms with E-state index in [4.69, 9.17) is 19.2 Å². The molecule has 1 heterocycles. The van der Waals surface area contributed by atoms with Gasteiger partial charge in [-0.2, -0.15) is 0 Å². The van der Waals surface area contributed by atoms with Crippen LogP contribution in [0.15, 0.2) is 72.8 Å². The Morgan fingerprint density at radius 2 is 1.10 bits per heavy atom. The number of rotatable bonds is 7. The molecule has 0 aliphatic rings. The van der Waals surface area contributed by atoms with Crippen molar-refractivity contribution < 1.29 is 14.2 Å². The van der Waals surface area contributed by atoms with Gasteiger partial charge in [-0.05, 0) is 79.2 Å². The second-order valence-corrected chi connectivity index (χ2v) is 7.07. The number of benzene rings is 3. The Labute approximate surface area is 182 Å². The summed E-state index contributed by atoms with van der Waals surface area (Å²) in [6.07, 6.45) is 0.830. The molecular weight excluding hydrogens is 388 g/mol. The summed E-state index contributed by atoms with van der Waals surface area (Å²) in [5.74, 6) is 3.35. The van der Waals surface area contributed by atoms with Crippen LogP contribution in [0.5, 0.6) is 17.2 Å². The average molecular weight is 415 g/mol. The maximum absolute atomic E-state index is 5.35. The molecule has 4 aromatic rings. The summed E-state index contributed by atoms with van der Waals surface area (Å²) in [5, 5.41) is 0. The van der Waals surface area contributed by atoms with E-state index in [0.717, 1.165) is 57.7 Å². The third-order valence-corrected chi connectivity index (χ3v) is 5.35. The van der Waals surface area contributed by atoms with Crippen molar-refractivity contribution >= 4 is 0 Å². The number of aromatic nitrogens is 2. The summed E-state index contributed by atoms with van der Waals surface area (Å²) in [7, 11) is 5.02. The topological polar surface area (TPSA) is 45.5 Å². The molecule has 0 amide bonds. The van der Waals surface area contributed by atoms with E-state index in [-0.39, 0.29) is 0 Å². The van der Waals surface area contributed by atoms with Crippen LogP contribution in [0.3, 0.4) is 0 Å². The minimum absolute atomic E-state index is 0.817. The summed E-state index contributed by atoms with van der Waals surface area (Å²) in [6.45, 7) is 2.15. The molecule has 0 aliphatic heterocycles. The van der Waals surface area contributed by atoms with Gasteiger partial charge >= 0.3 is 0 Å². The SMILES string of the molecule is CCc1c(-c2ccc(OC)cc2)nc(-c2ccc(OC)cc2)n1-c1ccc(OC)cc1. The van der Waals surface area contributed by atoms with Crippen molar-refractivity contribution in [2.75, 3.05) is 21.3 Å². The molecule has 0 saturated heterocycles. The van der Waals surface area contributed by atoms with E-state index in [0.29, 0.717) is 0 Å². The van der Waals surface area contributed by atoms with Crippen LogP contribution in [0.1, 0.15) is 12.6 Å². The fraction of sp³-hybridized carbons (Fsp3) is 0.192. The van der Waals surface area contributed by atoms with Gasteiger partial charge in [-0.1, -0.05) is 6.92 Å². The molecule has 0 bridgehead atoms. The lowest BCUT2D eigenvalue weighted by Gasteiger charge is -2.13. The van der Waals surface area contributed by atoms with E-state index in [1.807, 2.05) is 48.5 Å². The lowest BCUT2D eigenvalue weighted by atomic mass is 10.1. The van der Waals surface area contributed by atoms with Crippen LogP contribution >= 0.6 is 0 Å². The number of nitrogens with zero attached hydrogens (tertiary/aromatic N) is 2. The largest absolute Gasteiger partial charge is 0.497 e. The number of hydrogen-bond donors (Lipinski definition) is 0. The predicted molar refractivity (Wildman–Crippen MR) is 123 cm³/mol. The molecule has 1 aromatic heterocycles. The van der Waals surface area contributed by atoms with E-state index in [9.17, 15) is 0 Å². The highest BCUT2D eigenvalue weighted by Crippen LogP contribution is 2.34. The molecule has 0 aliphatic carbocycles. The Balaban J connectivity index is 1.92. The Kier molecular flexibility index (Phi) is 5.94. The lowest BCUT2D eigenvalue weighted by molar-refractivity contribution is 0.414. The van der Waals surface area contributed by atoms with E-state index in [2.05, 4.69) is 35.8 Å². The van der Waals surface area contributed by atoms with Crippen molar-refractivity contribution in [2.24, 2.45) is 0 Å². The summed E-state index contributed by atoms with van der Waals surface area (Å²) >= 11 is 0. The molecule has 31 heavy (non-hydrogen) atoms. The van der Waals surface area contributed by atoms with Gasteiger partial charge in [0.1, 0.15) is 23.1 Å². The van der Waals surface area contributed by atoms with Crippen LogP contribution in [0, 0.1) is 0 Å². The second kappa shape index (κ2) is 8.96. The molecule has 0 spiro atoms. The first kappa shape index (κ1) is 20.5. The third kappa shape index (κ3) is 3.99. The maximum atomic E-state index is 5.35. The second-order valence-electron chi connectivity index (χ2n) is 7.07. The van der Waals surface area contributed by atoms with Gasteiger partial charge in [-0.25, -0.2) is 4.98 Å². The highest BCUT2D eigenvalue weighted by molar-refractivity contribution is 5.71. The third-order valence-electron chi connectivity index (χ3n) is 5.35. The van der Waals surface area contributed by atoms with Crippen LogP contribution in [-0.4, -0.2) is 30.9 Å². The Morgan fingerprint density at radius 1 is 0.645 bits per heavy atom.